The van der Waals surface area contributed by atoms with E-state index in [1.165, 1.54) is 0 Å². The number of amides is 1. The molecule has 2 atom stereocenters. The number of pyridine rings is 1. The fourth-order valence-corrected chi connectivity index (χ4v) is 3.09. The molecule has 21 heavy (non-hydrogen) atoms. The highest BCUT2D eigenvalue weighted by Gasteiger charge is 2.28. The topological polar surface area (TPSA) is 33.2 Å². The number of carbonyl (C=O) groups excluding carboxylic acids is 1. The van der Waals surface area contributed by atoms with Crippen molar-refractivity contribution < 1.29 is 4.79 Å². The third-order valence-electron chi connectivity index (χ3n) is 4.21. The molecule has 1 amide bonds. The summed E-state index contributed by atoms with van der Waals surface area (Å²) < 4.78 is 0. The Bertz CT molecular complexity index is 536. The SMILES string of the molecule is CC1CCN(C(=O)c2cc(Cl)nc(C(C)(C)C)c2)C(C)C1. The number of rotatable bonds is 1. The van der Waals surface area contributed by atoms with Crippen LogP contribution >= 0.6 is 11.6 Å². The summed E-state index contributed by atoms with van der Waals surface area (Å²) >= 11 is 6.12. The minimum absolute atomic E-state index is 0.0733. The standard InChI is InChI=1S/C17H25ClN2O/c1-11-6-7-20(12(2)8-11)16(21)13-9-14(17(3,4)5)19-15(18)10-13/h9-12H,6-8H2,1-5H3. The largest absolute Gasteiger partial charge is 0.336 e. The van der Waals surface area contributed by atoms with E-state index in [2.05, 4.69) is 39.6 Å². The fraction of sp³-hybridized carbons (Fsp3) is 0.647. The van der Waals surface area contributed by atoms with Gasteiger partial charge in [-0.3, -0.25) is 4.79 Å². The van der Waals surface area contributed by atoms with Crippen molar-refractivity contribution >= 4 is 17.5 Å². The van der Waals surface area contributed by atoms with Crippen LogP contribution in [-0.4, -0.2) is 28.4 Å². The number of nitrogens with zero attached hydrogens (tertiary/aromatic N) is 2. The lowest BCUT2D eigenvalue weighted by Crippen LogP contribution is -2.44. The number of piperidine rings is 1. The molecule has 0 aromatic carbocycles. The lowest BCUT2D eigenvalue weighted by Gasteiger charge is -2.36. The van der Waals surface area contributed by atoms with Gasteiger partial charge in [0.15, 0.2) is 0 Å². The van der Waals surface area contributed by atoms with Gasteiger partial charge in [0.05, 0.1) is 0 Å². The van der Waals surface area contributed by atoms with Gasteiger partial charge in [0, 0.05) is 29.3 Å². The number of aromatic nitrogens is 1. The summed E-state index contributed by atoms with van der Waals surface area (Å²) in [4.78, 5) is 19.1. The van der Waals surface area contributed by atoms with Gasteiger partial charge in [0.1, 0.15) is 5.15 Å². The molecule has 0 bridgehead atoms. The highest BCUT2D eigenvalue weighted by Crippen LogP contribution is 2.27. The molecule has 1 aliphatic heterocycles. The smallest absolute Gasteiger partial charge is 0.254 e. The molecule has 4 heteroatoms. The van der Waals surface area contributed by atoms with E-state index < -0.39 is 0 Å². The molecular formula is C17H25ClN2O. The summed E-state index contributed by atoms with van der Waals surface area (Å²) in [5.41, 5.74) is 1.39. The van der Waals surface area contributed by atoms with Crippen LogP contribution in [0, 0.1) is 5.92 Å². The zero-order valence-electron chi connectivity index (χ0n) is 13.6. The molecule has 116 valence electrons. The van der Waals surface area contributed by atoms with Crippen molar-refractivity contribution in [2.45, 2.75) is 58.9 Å². The lowest BCUT2D eigenvalue weighted by molar-refractivity contribution is 0.0588. The Morgan fingerprint density at radius 1 is 1.33 bits per heavy atom. The first kappa shape index (κ1) is 16.3. The van der Waals surface area contributed by atoms with Crippen molar-refractivity contribution in [2.75, 3.05) is 6.54 Å². The number of likely N-dealkylation sites (tertiary alicyclic amines) is 1. The van der Waals surface area contributed by atoms with E-state index in [1.54, 1.807) is 6.07 Å². The summed E-state index contributed by atoms with van der Waals surface area (Å²) in [6.07, 6.45) is 2.14. The van der Waals surface area contributed by atoms with Crippen molar-refractivity contribution in [3.05, 3.63) is 28.5 Å². The highest BCUT2D eigenvalue weighted by molar-refractivity contribution is 6.29. The monoisotopic (exact) mass is 308 g/mol. The lowest BCUT2D eigenvalue weighted by atomic mass is 9.90. The molecule has 2 rings (SSSR count). The zero-order valence-corrected chi connectivity index (χ0v) is 14.4. The third-order valence-corrected chi connectivity index (χ3v) is 4.40. The molecule has 1 aliphatic rings. The highest BCUT2D eigenvalue weighted by atomic mass is 35.5. The second-order valence-electron chi connectivity index (χ2n) is 7.29. The van der Waals surface area contributed by atoms with Crippen molar-refractivity contribution in [1.29, 1.82) is 0 Å². The molecule has 1 saturated heterocycles. The van der Waals surface area contributed by atoms with Gasteiger partial charge in [-0.2, -0.15) is 0 Å². The zero-order chi connectivity index (χ0) is 15.8. The first-order valence-corrected chi connectivity index (χ1v) is 8.05. The van der Waals surface area contributed by atoms with E-state index in [-0.39, 0.29) is 17.4 Å². The van der Waals surface area contributed by atoms with Gasteiger partial charge in [-0.25, -0.2) is 4.98 Å². The van der Waals surface area contributed by atoms with Gasteiger partial charge in [-0.15, -0.1) is 0 Å². The molecule has 0 saturated carbocycles. The van der Waals surface area contributed by atoms with Gasteiger partial charge < -0.3 is 4.90 Å². The Morgan fingerprint density at radius 3 is 2.57 bits per heavy atom. The van der Waals surface area contributed by atoms with Crippen LogP contribution in [0.25, 0.3) is 0 Å². The predicted molar refractivity (Wildman–Crippen MR) is 86.8 cm³/mol. The fourth-order valence-electron chi connectivity index (χ4n) is 2.88. The maximum atomic E-state index is 12.8. The Kier molecular flexibility index (Phi) is 4.62. The van der Waals surface area contributed by atoms with E-state index in [0.29, 0.717) is 16.6 Å². The van der Waals surface area contributed by atoms with E-state index in [1.807, 2.05) is 11.0 Å². The molecule has 0 radical (unpaired) electrons. The molecule has 1 aromatic heterocycles. The van der Waals surface area contributed by atoms with Crippen LogP contribution in [-0.2, 0) is 5.41 Å². The molecule has 1 aromatic rings. The molecule has 1 fully saturated rings. The van der Waals surface area contributed by atoms with Gasteiger partial charge in [-0.1, -0.05) is 39.3 Å². The van der Waals surface area contributed by atoms with Crippen molar-refractivity contribution in [3.8, 4) is 0 Å². The van der Waals surface area contributed by atoms with E-state index >= 15 is 0 Å². The Hall–Kier alpha value is -1.09. The van der Waals surface area contributed by atoms with E-state index in [9.17, 15) is 4.79 Å². The van der Waals surface area contributed by atoms with Gasteiger partial charge in [-0.05, 0) is 37.8 Å². The van der Waals surface area contributed by atoms with Crippen LogP contribution < -0.4 is 0 Å². The molecule has 2 unspecified atom stereocenters. The van der Waals surface area contributed by atoms with Gasteiger partial charge >= 0.3 is 0 Å². The normalized spacial score (nSPS) is 23.2. The van der Waals surface area contributed by atoms with E-state index in [4.69, 9.17) is 11.6 Å². The van der Waals surface area contributed by atoms with Crippen LogP contribution in [0.5, 0.6) is 0 Å². The van der Waals surface area contributed by atoms with E-state index in [0.717, 1.165) is 25.1 Å². The third kappa shape index (κ3) is 3.76. The maximum absolute atomic E-state index is 12.8. The van der Waals surface area contributed by atoms with Crippen LogP contribution in [0.1, 0.15) is 63.5 Å². The Balaban J connectivity index is 2.29. The number of hydrogen-bond acceptors (Lipinski definition) is 2. The molecule has 0 aliphatic carbocycles. The quantitative estimate of drug-likeness (QED) is 0.725. The Morgan fingerprint density at radius 2 is 2.00 bits per heavy atom. The second-order valence-corrected chi connectivity index (χ2v) is 7.68. The van der Waals surface area contributed by atoms with Crippen LogP contribution in [0.3, 0.4) is 0 Å². The molecule has 3 nitrogen and oxygen atoms in total. The Labute approximate surface area is 132 Å². The molecular weight excluding hydrogens is 284 g/mol. The number of halogens is 1. The van der Waals surface area contributed by atoms with Crippen LogP contribution in [0.15, 0.2) is 12.1 Å². The van der Waals surface area contributed by atoms with Crippen LogP contribution in [0.4, 0.5) is 0 Å². The number of hydrogen-bond donors (Lipinski definition) is 0. The summed E-state index contributed by atoms with van der Waals surface area (Å²) in [6, 6.07) is 3.86. The summed E-state index contributed by atoms with van der Waals surface area (Å²) in [5.74, 6) is 0.763. The summed E-state index contributed by atoms with van der Waals surface area (Å²) in [7, 11) is 0. The number of carbonyl (C=O) groups is 1. The molecule has 2 heterocycles. The van der Waals surface area contributed by atoms with Crippen LogP contribution in [0.2, 0.25) is 5.15 Å². The summed E-state index contributed by atoms with van der Waals surface area (Å²) in [5, 5.41) is 0.392. The summed E-state index contributed by atoms with van der Waals surface area (Å²) in [6.45, 7) is 11.4. The second kappa shape index (κ2) is 5.96. The average molecular weight is 309 g/mol. The molecule has 0 N–H and O–H groups in total. The van der Waals surface area contributed by atoms with Crippen molar-refractivity contribution in [2.24, 2.45) is 5.92 Å². The molecule has 0 spiro atoms. The van der Waals surface area contributed by atoms with Gasteiger partial charge in [0.2, 0.25) is 0 Å². The van der Waals surface area contributed by atoms with Crippen molar-refractivity contribution in [3.63, 3.8) is 0 Å². The first-order chi connectivity index (χ1) is 9.68. The minimum atomic E-state index is -0.123. The first-order valence-electron chi connectivity index (χ1n) is 7.67. The van der Waals surface area contributed by atoms with Crippen molar-refractivity contribution in [1.82, 2.24) is 9.88 Å². The maximum Gasteiger partial charge on any atom is 0.254 e. The average Bonchev–Trinajstić information content (AvgIpc) is 2.36. The minimum Gasteiger partial charge on any atom is -0.336 e. The predicted octanol–water partition coefficient (Wildman–Crippen LogP) is 4.29. The van der Waals surface area contributed by atoms with Gasteiger partial charge in [0.25, 0.3) is 5.91 Å².